The Morgan fingerprint density at radius 3 is 2.29 bits per heavy atom. The number of hydrazone groups is 1. The van der Waals surface area contributed by atoms with E-state index in [-0.39, 0.29) is 23.4 Å². The molecule has 0 saturated heterocycles. The zero-order chi connectivity index (χ0) is 20.3. The van der Waals surface area contributed by atoms with Crippen LogP contribution in [0.4, 0.5) is 18.9 Å². The van der Waals surface area contributed by atoms with Crippen LogP contribution in [0.1, 0.15) is 30.4 Å². The first kappa shape index (κ1) is 19.6. The highest BCUT2D eigenvalue weighted by atomic mass is 19.4. The molecular formula is C20H18F3N3O2. The quantitative estimate of drug-likeness (QED) is 0.603. The van der Waals surface area contributed by atoms with Crippen LogP contribution in [0.15, 0.2) is 59.7 Å². The molecule has 2 atom stereocenters. The van der Waals surface area contributed by atoms with Gasteiger partial charge in [-0.2, -0.15) is 18.3 Å². The Balaban J connectivity index is 1.55. The van der Waals surface area contributed by atoms with Gasteiger partial charge in [0, 0.05) is 11.6 Å². The zero-order valence-electron chi connectivity index (χ0n) is 15.0. The third-order valence-electron chi connectivity index (χ3n) is 4.51. The van der Waals surface area contributed by atoms with E-state index in [1.165, 1.54) is 24.3 Å². The van der Waals surface area contributed by atoms with Crippen molar-refractivity contribution in [2.45, 2.75) is 25.4 Å². The molecule has 2 amide bonds. The van der Waals surface area contributed by atoms with E-state index in [1.54, 1.807) is 12.2 Å². The Labute approximate surface area is 159 Å². The number of amides is 2. The van der Waals surface area contributed by atoms with Gasteiger partial charge in [0.25, 0.3) is 0 Å². The highest BCUT2D eigenvalue weighted by Crippen LogP contribution is 2.47. The van der Waals surface area contributed by atoms with Crippen molar-refractivity contribution in [3.8, 4) is 0 Å². The van der Waals surface area contributed by atoms with Crippen LogP contribution >= 0.6 is 0 Å². The summed E-state index contributed by atoms with van der Waals surface area (Å²) in [5, 5.41) is 5.83. The lowest BCUT2D eigenvalue weighted by molar-refractivity contribution is -0.167. The molecule has 1 aliphatic carbocycles. The largest absolute Gasteiger partial charge is 0.471 e. The highest BCUT2D eigenvalue weighted by Gasteiger charge is 2.43. The molecule has 1 aliphatic rings. The molecule has 2 N–H and O–H groups in total. The third-order valence-corrected chi connectivity index (χ3v) is 4.51. The van der Waals surface area contributed by atoms with Crippen molar-refractivity contribution in [1.29, 1.82) is 0 Å². The monoisotopic (exact) mass is 389 g/mol. The average Bonchev–Trinajstić information content (AvgIpc) is 3.47. The van der Waals surface area contributed by atoms with Gasteiger partial charge in [0.2, 0.25) is 5.91 Å². The Hall–Kier alpha value is -3.16. The molecule has 0 spiro atoms. The van der Waals surface area contributed by atoms with Crippen LogP contribution in [0.2, 0.25) is 0 Å². The zero-order valence-corrected chi connectivity index (χ0v) is 15.0. The first-order valence-corrected chi connectivity index (χ1v) is 8.63. The van der Waals surface area contributed by atoms with Crippen molar-refractivity contribution < 1.29 is 22.8 Å². The van der Waals surface area contributed by atoms with Gasteiger partial charge < -0.3 is 5.32 Å². The SMILES string of the molecule is C/C(=N\NC(=O)[C@@H]1C[C@H]1c1ccccc1)c1ccc(NC(=O)C(F)(F)F)cc1. The second-order valence-electron chi connectivity index (χ2n) is 6.56. The molecule has 0 heterocycles. The Morgan fingerprint density at radius 1 is 1.04 bits per heavy atom. The molecule has 0 unspecified atom stereocenters. The summed E-state index contributed by atoms with van der Waals surface area (Å²) in [5.74, 6) is -2.11. The summed E-state index contributed by atoms with van der Waals surface area (Å²) in [6.07, 6.45) is -4.17. The molecule has 3 rings (SSSR count). The van der Waals surface area contributed by atoms with E-state index in [4.69, 9.17) is 0 Å². The number of nitrogens with zero attached hydrogens (tertiary/aromatic N) is 1. The van der Waals surface area contributed by atoms with Crippen molar-refractivity contribution >= 4 is 23.2 Å². The van der Waals surface area contributed by atoms with Crippen LogP contribution in [0.5, 0.6) is 0 Å². The summed E-state index contributed by atoms with van der Waals surface area (Å²) in [7, 11) is 0. The molecule has 0 bridgehead atoms. The summed E-state index contributed by atoms with van der Waals surface area (Å²) >= 11 is 0. The van der Waals surface area contributed by atoms with Gasteiger partial charge >= 0.3 is 12.1 Å². The van der Waals surface area contributed by atoms with Gasteiger partial charge in [-0.3, -0.25) is 9.59 Å². The second kappa shape index (κ2) is 7.84. The number of hydrogen-bond acceptors (Lipinski definition) is 3. The van der Waals surface area contributed by atoms with Crippen molar-refractivity contribution in [3.05, 3.63) is 65.7 Å². The predicted octanol–water partition coefficient (Wildman–Crippen LogP) is 3.83. The van der Waals surface area contributed by atoms with Gasteiger partial charge in [-0.25, -0.2) is 5.43 Å². The van der Waals surface area contributed by atoms with Crippen LogP contribution in [0.25, 0.3) is 0 Å². The fraction of sp³-hybridized carbons (Fsp3) is 0.250. The normalized spacial score (nSPS) is 19.1. The number of benzene rings is 2. The second-order valence-corrected chi connectivity index (χ2v) is 6.56. The molecular weight excluding hydrogens is 371 g/mol. The molecule has 2 aromatic carbocycles. The molecule has 8 heteroatoms. The van der Waals surface area contributed by atoms with Crippen LogP contribution in [-0.4, -0.2) is 23.7 Å². The number of nitrogens with one attached hydrogen (secondary N) is 2. The highest BCUT2D eigenvalue weighted by molar-refractivity contribution is 6.00. The minimum absolute atomic E-state index is 0.0200. The summed E-state index contributed by atoms with van der Waals surface area (Å²) in [6, 6.07) is 15.5. The number of carbonyl (C=O) groups is 2. The first-order chi connectivity index (χ1) is 13.3. The maximum Gasteiger partial charge on any atom is 0.471 e. The molecule has 5 nitrogen and oxygen atoms in total. The van der Waals surface area contributed by atoms with E-state index in [0.29, 0.717) is 11.3 Å². The summed E-state index contributed by atoms with van der Waals surface area (Å²) in [4.78, 5) is 23.1. The topological polar surface area (TPSA) is 70.6 Å². The molecule has 2 aromatic rings. The van der Waals surface area contributed by atoms with Gasteiger partial charge in [0.1, 0.15) is 0 Å². The average molecular weight is 389 g/mol. The molecule has 28 heavy (non-hydrogen) atoms. The van der Waals surface area contributed by atoms with Crippen LogP contribution < -0.4 is 10.7 Å². The van der Waals surface area contributed by atoms with Gasteiger partial charge in [0.15, 0.2) is 0 Å². The van der Waals surface area contributed by atoms with E-state index < -0.39 is 12.1 Å². The van der Waals surface area contributed by atoms with Gasteiger partial charge in [0.05, 0.1) is 5.71 Å². The maximum atomic E-state index is 12.3. The Morgan fingerprint density at radius 2 is 1.68 bits per heavy atom. The molecule has 1 fully saturated rings. The minimum Gasteiger partial charge on any atom is -0.318 e. The predicted molar refractivity (Wildman–Crippen MR) is 98.8 cm³/mol. The number of carbonyl (C=O) groups excluding carboxylic acids is 2. The van der Waals surface area contributed by atoms with Crippen LogP contribution in [0, 0.1) is 5.92 Å². The van der Waals surface area contributed by atoms with Gasteiger partial charge in [-0.15, -0.1) is 0 Å². The molecule has 0 radical (unpaired) electrons. The number of alkyl halides is 3. The van der Waals surface area contributed by atoms with E-state index in [9.17, 15) is 22.8 Å². The summed E-state index contributed by atoms with van der Waals surface area (Å²) in [6.45, 7) is 1.67. The van der Waals surface area contributed by atoms with Crippen molar-refractivity contribution in [1.82, 2.24) is 5.43 Å². The lowest BCUT2D eigenvalue weighted by Gasteiger charge is -2.08. The van der Waals surface area contributed by atoms with Gasteiger partial charge in [-0.1, -0.05) is 42.5 Å². The van der Waals surface area contributed by atoms with E-state index in [2.05, 4.69) is 10.5 Å². The number of halogens is 3. The van der Waals surface area contributed by atoms with E-state index in [0.717, 1.165) is 12.0 Å². The maximum absolute atomic E-state index is 12.3. The molecule has 146 valence electrons. The van der Waals surface area contributed by atoms with Gasteiger partial charge in [-0.05, 0) is 42.5 Å². The van der Waals surface area contributed by atoms with Crippen molar-refractivity contribution in [3.63, 3.8) is 0 Å². The lowest BCUT2D eigenvalue weighted by atomic mass is 10.1. The minimum atomic E-state index is -4.94. The Bertz CT molecular complexity index is 893. The molecule has 0 aromatic heterocycles. The third kappa shape index (κ3) is 4.76. The van der Waals surface area contributed by atoms with Crippen LogP contribution in [-0.2, 0) is 9.59 Å². The summed E-state index contributed by atoms with van der Waals surface area (Å²) in [5.41, 5.74) is 4.80. The van der Waals surface area contributed by atoms with Crippen molar-refractivity contribution in [2.75, 3.05) is 5.32 Å². The number of anilines is 1. The van der Waals surface area contributed by atoms with E-state index >= 15 is 0 Å². The fourth-order valence-electron chi connectivity index (χ4n) is 2.84. The number of rotatable bonds is 5. The van der Waals surface area contributed by atoms with E-state index in [1.807, 2.05) is 30.3 Å². The Kier molecular flexibility index (Phi) is 5.48. The fourth-order valence-corrected chi connectivity index (χ4v) is 2.84. The lowest BCUT2D eigenvalue weighted by Crippen LogP contribution is -2.29. The molecule has 1 saturated carbocycles. The summed E-state index contributed by atoms with van der Waals surface area (Å²) < 4.78 is 36.8. The number of hydrogen-bond donors (Lipinski definition) is 2. The standard InChI is InChI=1S/C20H18F3N3O2/c1-12(13-7-9-15(10-8-13)24-19(28)20(21,22)23)25-26-18(27)17-11-16(17)14-5-3-2-4-6-14/h2-10,16-17H,11H2,1H3,(H,24,28)(H,26,27)/b25-12+/t16-,17+/m0/s1. The first-order valence-electron chi connectivity index (χ1n) is 8.63. The van der Waals surface area contributed by atoms with Crippen LogP contribution in [0.3, 0.4) is 0 Å². The molecule has 0 aliphatic heterocycles. The van der Waals surface area contributed by atoms with Crippen molar-refractivity contribution in [2.24, 2.45) is 11.0 Å². The smallest absolute Gasteiger partial charge is 0.318 e.